The molecular formula is C27H27NO4. The first-order valence-corrected chi connectivity index (χ1v) is 11.1. The zero-order valence-corrected chi connectivity index (χ0v) is 18.1. The van der Waals surface area contributed by atoms with Crippen LogP contribution in [0.25, 0.3) is 0 Å². The van der Waals surface area contributed by atoms with Crippen LogP contribution >= 0.6 is 0 Å². The summed E-state index contributed by atoms with van der Waals surface area (Å²) in [5.41, 5.74) is 1.63. The normalized spacial score (nSPS) is 22.9. The molecule has 0 bridgehead atoms. The fourth-order valence-corrected chi connectivity index (χ4v) is 5.28. The van der Waals surface area contributed by atoms with Gasteiger partial charge >= 0.3 is 0 Å². The molecule has 1 N–H and O–H groups in total. The molecule has 5 heteroatoms. The summed E-state index contributed by atoms with van der Waals surface area (Å²) >= 11 is 0. The van der Waals surface area contributed by atoms with E-state index in [1.807, 2.05) is 77.7 Å². The van der Waals surface area contributed by atoms with Gasteiger partial charge in [0.15, 0.2) is 6.10 Å². The molecule has 0 saturated carbocycles. The van der Waals surface area contributed by atoms with Gasteiger partial charge in [0.2, 0.25) is 0 Å². The number of para-hydroxylation sites is 1. The van der Waals surface area contributed by atoms with Gasteiger partial charge in [-0.1, -0.05) is 78.9 Å². The number of aliphatic hydroxyl groups is 1. The molecule has 3 aromatic rings. The van der Waals surface area contributed by atoms with Crippen molar-refractivity contribution in [3.63, 3.8) is 0 Å². The summed E-state index contributed by atoms with van der Waals surface area (Å²) in [5.74, 6) is 0.360. The Bertz CT molecular complexity index is 1050. The summed E-state index contributed by atoms with van der Waals surface area (Å²) in [6.07, 6.45) is -0.473. The van der Waals surface area contributed by atoms with Crippen LogP contribution in [-0.2, 0) is 15.1 Å². The number of amides is 1. The second-order valence-electron chi connectivity index (χ2n) is 8.38. The van der Waals surface area contributed by atoms with Crippen LogP contribution in [0.2, 0.25) is 0 Å². The van der Waals surface area contributed by atoms with Gasteiger partial charge in [0.05, 0.1) is 13.2 Å². The van der Waals surface area contributed by atoms with Crippen LogP contribution in [0.3, 0.4) is 0 Å². The van der Waals surface area contributed by atoms with E-state index < -0.39 is 17.8 Å². The molecule has 164 valence electrons. The Morgan fingerprint density at radius 3 is 2.19 bits per heavy atom. The predicted molar refractivity (Wildman–Crippen MR) is 121 cm³/mol. The van der Waals surface area contributed by atoms with Crippen LogP contribution in [0.15, 0.2) is 84.9 Å². The predicted octanol–water partition coefficient (Wildman–Crippen LogP) is 4.06. The lowest BCUT2D eigenvalue weighted by Crippen LogP contribution is -2.62. The maximum absolute atomic E-state index is 13.6. The van der Waals surface area contributed by atoms with Crippen molar-refractivity contribution in [2.45, 2.75) is 36.7 Å². The lowest BCUT2D eigenvalue weighted by molar-refractivity contribution is -0.204. The number of rotatable bonds is 5. The molecule has 5 rings (SSSR count). The van der Waals surface area contributed by atoms with E-state index in [9.17, 15) is 9.90 Å². The fourth-order valence-electron chi connectivity index (χ4n) is 5.28. The van der Waals surface area contributed by atoms with Crippen molar-refractivity contribution >= 4 is 5.91 Å². The quantitative estimate of drug-likeness (QED) is 0.665. The molecule has 0 aliphatic carbocycles. The van der Waals surface area contributed by atoms with Gasteiger partial charge in [-0.3, -0.25) is 4.79 Å². The SMILES string of the molecule is COc1ccccc1[C@@H](O)[C@@H]1OC(c2ccccc2)(c2ccccc2)[C@@H]2CCCN2C1=O. The molecule has 32 heavy (non-hydrogen) atoms. The van der Waals surface area contributed by atoms with Crippen LogP contribution in [0.4, 0.5) is 0 Å². The number of carbonyl (C=O) groups excluding carboxylic acids is 1. The van der Waals surface area contributed by atoms with E-state index in [0.29, 0.717) is 17.9 Å². The van der Waals surface area contributed by atoms with Gasteiger partial charge in [-0.15, -0.1) is 0 Å². The summed E-state index contributed by atoms with van der Waals surface area (Å²) in [7, 11) is 1.56. The van der Waals surface area contributed by atoms with Gasteiger partial charge in [0.25, 0.3) is 5.91 Å². The summed E-state index contributed by atoms with van der Waals surface area (Å²) in [6.45, 7) is 0.656. The Morgan fingerprint density at radius 1 is 0.969 bits per heavy atom. The van der Waals surface area contributed by atoms with Crippen LogP contribution in [-0.4, -0.2) is 41.7 Å². The Kier molecular flexibility index (Phi) is 5.45. The molecule has 1 amide bonds. The third kappa shape index (κ3) is 3.20. The first-order chi connectivity index (χ1) is 15.7. The lowest BCUT2D eigenvalue weighted by atomic mass is 9.77. The fraction of sp³-hybridized carbons (Fsp3) is 0.296. The average molecular weight is 430 g/mol. The molecular weight excluding hydrogens is 402 g/mol. The van der Waals surface area contributed by atoms with Gasteiger partial charge in [0.1, 0.15) is 17.5 Å². The Hall–Kier alpha value is -3.15. The topological polar surface area (TPSA) is 59.0 Å². The molecule has 0 unspecified atom stereocenters. The Labute approximate surface area is 188 Å². The van der Waals surface area contributed by atoms with E-state index in [1.165, 1.54) is 0 Å². The molecule has 2 aliphatic heterocycles. The summed E-state index contributed by atoms with van der Waals surface area (Å²) in [6, 6.07) is 27.2. The molecule has 0 radical (unpaired) electrons. The molecule has 2 fully saturated rings. The van der Waals surface area contributed by atoms with Gasteiger partial charge in [0, 0.05) is 12.1 Å². The number of methoxy groups -OCH3 is 1. The van der Waals surface area contributed by atoms with Crippen molar-refractivity contribution in [1.29, 1.82) is 0 Å². The van der Waals surface area contributed by atoms with Crippen LogP contribution in [0.5, 0.6) is 5.75 Å². The zero-order chi connectivity index (χ0) is 22.1. The van der Waals surface area contributed by atoms with Crippen molar-refractivity contribution in [2.24, 2.45) is 0 Å². The number of hydrogen-bond donors (Lipinski definition) is 1. The third-order valence-electron chi connectivity index (χ3n) is 6.71. The van der Waals surface area contributed by atoms with Gasteiger partial charge < -0.3 is 19.5 Å². The lowest BCUT2D eigenvalue weighted by Gasteiger charge is -2.51. The Balaban J connectivity index is 1.67. The van der Waals surface area contributed by atoms with Crippen molar-refractivity contribution < 1.29 is 19.4 Å². The summed E-state index contributed by atoms with van der Waals surface area (Å²) in [5, 5.41) is 11.4. The van der Waals surface area contributed by atoms with Crippen molar-refractivity contribution in [3.05, 3.63) is 102 Å². The number of benzene rings is 3. The van der Waals surface area contributed by atoms with Crippen LogP contribution < -0.4 is 4.74 Å². The van der Waals surface area contributed by atoms with E-state index >= 15 is 0 Å². The van der Waals surface area contributed by atoms with Gasteiger partial charge in [-0.05, 0) is 30.0 Å². The number of carbonyl (C=O) groups is 1. The first kappa shape index (κ1) is 20.7. The first-order valence-electron chi connectivity index (χ1n) is 11.1. The Morgan fingerprint density at radius 2 is 1.56 bits per heavy atom. The van der Waals surface area contributed by atoms with E-state index in [-0.39, 0.29) is 11.9 Å². The highest BCUT2D eigenvalue weighted by Crippen LogP contribution is 2.49. The number of nitrogens with zero attached hydrogens (tertiary/aromatic N) is 1. The van der Waals surface area contributed by atoms with Gasteiger partial charge in [-0.25, -0.2) is 0 Å². The highest BCUT2D eigenvalue weighted by molar-refractivity contribution is 5.84. The minimum Gasteiger partial charge on any atom is -0.496 e. The summed E-state index contributed by atoms with van der Waals surface area (Å²) < 4.78 is 12.3. The maximum atomic E-state index is 13.6. The molecule has 2 aliphatic rings. The van der Waals surface area contributed by atoms with Crippen molar-refractivity contribution in [2.75, 3.05) is 13.7 Å². The highest BCUT2D eigenvalue weighted by atomic mass is 16.5. The van der Waals surface area contributed by atoms with Gasteiger partial charge in [-0.2, -0.15) is 0 Å². The zero-order valence-electron chi connectivity index (χ0n) is 18.1. The van der Waals surface area contributed by atoms with Crippen LogP contribution in [0.1, 0.15) is 35.6 Å². The standard InChI is InChI=1S/C27H27NO4/c1-31-22-16-9-8-15-21(22)24(29)25-26(30)28-18-10-17-23(28)27(32-25,19-11-4-2-5-12-19)20-13-6-3-7-14-20/h2-9,11-16,23-25,29H,10,17-18H2,1H3/t23-,24+,25-/m0/s1. The summed E-state index contributed by atoms with van der Waals surface area (Å²) in [4.78, 5) is 15.5. The van der Waals surface area contributed by atoms with E-state index in [1.54, 1.807) is 19.2 Å². The number of fused-ring (bicyclic) bond motifs is 1. The molecule has 5 nitrogen and oxygen atoms in total. The third-order valence-corrected chi connectivity index (χ3v) is 6.71. The minimum atomic E-state index is -1.16. The molecule has 0 spiro atoms. The molecule has 3 aromatic carbocycles. The second kappa shape index (κ2) is 8.41. The van der Waals surface area contributed by atoms with Crippen molar-refractivity contribution in [3.8, 4) is 5.75 Å². The smallest absolute Gasteiger partial charge is 0.255 e. The average Bonchev–Trinajstić information content (AvgIpc) is 3.36. The number of hydrogen-bond acceptors (Lipinski definition) is 4. The molecule has 0 aromatic heterocycles. The van der Waals surface area contributed by atoms with Crippen LogP contribution in [0, 0.1) is 0 Å². The number of morpholine rings is 1. The number of aliphatic hydroxyl groups excluding tert-OH is 1. The van der Waals surface area contributed by atoms with Crippen molar-refractivity contribution in [1.82, 2.24) is 4.90 Å². The molecule has 3 atom stereocenters. The monoisotopic (exact) mass is 429 g/mol. The number of ether oxygens (including phenoxy) is 2. The minimum absolute atomic E-state index is 0.138. The highest BCUT2D eigenvalue weighted by Gasteiger charge is 2.57. The maximum Gasteiger partial charge on any atom is 0.255 e. The molecule has 2 heterocycles. The molecule has 2 saturated heterocycles. The van der Waals surface area contributed by atoms with E-state index in [2.05, 4.69) is 0 Å². The van der Waals surface area contributed by atoms with E-state index in [0.717, 1.165) is 24.0 Å². The second-order valence-corrected chi connectivity index (χ2v) is 8.38. The largest absolute Gasteiger partial charge is 0.496 e. The van der Waals surface area contributed by atoms with E-state index in [4.69, 9.17) is 9.47 Å².